The van der Waals surface area contributed by atoms with Gasteiger partial charge >= 0.3 is 0 Å². The van der Waals surface area contributed by atoms with Crippen molar-refractivity contribution in [1.82, 2.24) is 56.0 Å². The van der Waals surface area contributed by atoms with Crippen LogP contribution in [0.3, 0.4) is 0 Å². The number of hydrogen-bond acceptors (Lipinski definition) is 12. The summed E-state index contributed by atoms with van der Waals surface area (Å²) in [5, 5.41) is 25.1. The second kappa shape index (κ2) is 34.8. The molecule has 23 heteroatoms. The monoisotopic (exact) mass is 1220 g/mol. The van der Waals surface area contributed by atoms with Crippen LogP contribution >= 0.6 is 0 Å². The van der Waals surface area contributed by atoms with E-state index in [1.165, 1.54) is 94.5 Å². The number of aliphatic hydroxyl groups is 1. The highest BCUT2D eigenvalue weighted by atomic mass is 16.3. The summed E-state index contributed by atoms with van der Waals surface area (Å²) in [6, 6.07) is -5.02. The van der Waals surface area contributed by atoms with Gasteiger partial charge in [0.05, 0.1) is 6.10 Å². The van der Waals surface area contributed by atoms with Gasteiger partial charge in [-0.05, 0) is 101 Å². The molecule has 2 unspecified atom stereocenters. The number of likely N-dealkylation sites (N-methyl/N-ethyl adjacent to an activating group) is 6. The smallest absolute Gasteiger partial charge is 0.245 e. The summed E-state index contributed by atoms with van der Waals surface area (Å²) >= 11 is 0. The molecule has 1 aromatic carbocycles. The first-order valence-corrected chi connectivity index (χ1v) is 31.1. The SMILES string of the molecule is CC[C@H](C)[C@@H]1NC(=O)[C@H](CC(C)C)N(C)C(=O)[C@H](CC(C)C)N(C)C(=O)[C@H](C)NC(=O)[C@H](CC(C)C)N(C)C(=O)C(Cc2ccccc2)NC(=O)C([C@@H](C)O)NC(=O)[C@H](CC(C)C)N(C)C(=O)[C@H](CC(C)C)N(C)C(=O)[C@H](C)N(C)C(=O)[C@H](C)NC1=O. The number of hydrogen-bond donors (Lipinski definition) is 6. The molecule has 13 atom stereocenters. The maximum atomic E-state index is 15.0. The lowest BCUT2D eigenvalue weighted by Gasteiger charge is -2.38. The topological polar surface area (TPSA) is 288 Å². The minimum absolute atomic E-state index is 0.0824. The molecule has 1 saturated heterocycles. The average Bonchev–Trinajstić information content (AvgIpc) is 1.46. The molecule has 0 spiro atoms. The summed E-state index contributed by atoms with van der Waals surface area (Å²) in [6.45, 7) is 27.9. The molecule has 1 aliphatic heterocycles. The highest BCUT2D eigenvalue weighted by Gasteiger charge is 2.43. The number of nitrogens with one attached hydrogen (secondary N) is 5. The van der Waals surface area contributed by atoms with Crippen molar-refractivity contribution in [3.8, 4) is 0 Å². The van der Waals surface area contributed by atoms with Gasteiger partial charge in [-0.2, -0.15) is 0 Å². The summed E-state index contributed by atoms with van der Waals surface area (Å²) in [5.74, 6) is -8.92. The first kappa shape index (κ1) is 76.4. The van der Waals surface area contributed by atoms with Crippen molar-refractivity contribution >= 4 is 65.0 Å². The Morgan fingerprint density at radius 1 is 0.391 bits per heavy atom. The van der Waals surface area contributed by atoms with Crippen LogP contribution in [0, 0.1) is 35.5 Å². The number of rotatable bonds is 15. The second-order valence-electron chi connectivity index (χ2n) is 26.4. The minimum Gasteiger partial charge on any atom is -0.391 e. The molecule has 1 fully saturated rings. The Morgan fingerprint density at radius 3 is 1.10 bits per heavy atom. The molecule has 0 aromatic heterocycles. The number of carbonyl (C=O) groups is 11. The van der Waals surface area contributed by atoms with E-state index < -0.39 is 143 Å². The molecule has 11 amide bonds. The predicted octanol–water partition coefficient (Wildman–Crippen LogP) is 3.35. The van der Waals surface area contributed by atoms with Crippen LogP contribution < -0.4 is 26.6 Å². The van der Waals surface area contributed by atoms with E-state index in [2.05, 4.69) is 26.6 Å². The molecule has 0 radical (unpaired) electrons. The summed E-state index contributed by atoms with van der Waals surface area (Å²) in [4.78, 5) is 168. The van der Waals surface area contributed by atoms with Crippen molar-refractivity contribution in [2.24, 2.45) is 35.5 Å². The van der Waals surface area contributed by atoms with E-state index in [0.717, 1.165) is 4.90 Å². The normalized spacial score (nSPS) is 27.1. The maximum absolute atomic E-state index is 15.0. The largest absolute Gasteiger partial charge is 0.391 e. The Balaban J connectivity index is 2.99. The molecular formula is C64H109N11O12. The first-order chi connectivity index (χ1) is 40.3. The lowest BCUT2D eigenvalue weighted by molar-refractivity contribution is -0.152. The van der Waals surface area contributed by atoms with Gasteiger partial charge in [0, 0.05) is 48.7 Å². The van der Waals surface area contributed by atoms with Crippen LogP contribution in [0.5, 0.6) is 0 Å². The number of carbonyl (C=O) groups excluding carboxylic acids is 11. The van der Waals surface area contributed by atoms with Crippen LogP contribution in [0.4, 0.5) is 0 Å². The molecule has 1 heterocycles. The Labute approximate surface area is 518 Å². The fraction of sp³-hybridized carbons (Fsp3) is 0.734. The molecule has 1 aromatic rings. The number of aliphatic hydroxyl groups excluding tert-OH is 1. The van der Waals surface area contributed by atoms with Crippen molar-refractivity contribution in [2.75, 3.05) is 42.3 Å². The van der Waals surface area contributed by atoms with Gasteiger partial charge in [0.15, 0.2) is 0 Å². The van der Waals surface area contributed by atoms with Gasteiger partial charge in [-0.1, -0.05) is 120 Å². The van der Waals surface area contributed by atoms with E-state index in [4.69, 9.17) is 0 Å². The molecular weight excluding hydrogens is 1110 g/mol. The summed E-state index contributed by atoms with van der Waals surface area (Å²) in [6.07, 6.45) is -0.552. The summed E-state index contributed by atoms with van der Waals surface area (Å²) in [7, 11) is 8.56. The van der Waals surface area contributed by atoms with E-state index in [1.54, 1.807) is 37.3 Å². The zero-order chi connectivity index (χ0) is 66.8. The van der Waals surface area contributed by atoms with Gasteiger partial charge in [-0.25, -0.2) is 0 Å². The number of benzene rings is 1. The van der Waals surface area contributed by atoms with Crippen LogP contribution in [0.1, 0.15) is 155 Å². The molecule has 87 heavy (non-hydrogen) atoms. The highest BCUT2D eigenvalue weighted by Crippen LogP contribution is 2.23. The van der Waals surface area contributed by atoms with E-state index in [1.807, 2.05) is 76.2 Å². The fourth-order valence-corrected chi connectivity index (χ4v) is 10.8. The van der Waals surface area contributed by atoms with Crippen molar-refractivity contribution in [3.05, 3.63) is 35.9 Å². The van der Waals surface area contributed by atoms with Crippen LogP contribution in [0.25, 0.3) is 0 Å². The number of amides is 11. The third-order valence-electron chi connectivity index (χ3n) is 16.5. The minimum atomic E-state index is -1.68. The Kier molecular flexibility index (Phi) is 30.6. The zero-order valence-electron chi connectivity index (χ0n) is 56.4. The van der Waals surface area contributed by atoms with Crippen molar-refractivity contribution in [1.29, 1.82) is 0 Å². The molecule has 0 bridgehead atoms. The number of nitrogens with zero attached hydrogens (tertiary/aromatic N) is 6. The Bertz CT molecular complexity index is 2510. The van der Waals surface area contributed by atoms with E-state index in [-0.39, 0.29) is 68.1 Å². The van der Waals surface area contributed by atoms with Gasteiger partial charge < -0.3 is 61.1 Å². The Hall–Kier alpha value is -6.65. The zero-order valence-corrected chi connectivity index (χ0v) is 56.4. The van der Waals surface area contributed by atoms with Crippen molar-refractivity contribution < 1.29 is 57.8 Å². The van der Waals surface area contributed by atoms with Crippen LogP contribution in [-0.2, 0) is 59.2 Å². The van der Waals surface area contributed by atoms with Crippen molar-refractivity contribution in [3.63, 3.8) is 0 Å². The fourth-order valence-electron chi connectivity index (χ4n) is 10.8. The Morgan fingerprint density at radius 2 is 0.713 bits per heavy atom. The standard InChI is InChI=1S/C64H109N11O12/c1-23-40(12)52-57(80)66-41(13)59(82)70(17)43(15)61(84)75(22)51(33-39(10)11)64(87)73(20)49(31-37(6)7)56(79)69-53(44(16)76)58(81)67-46(34-45-27-25-24-26-28-45)62(85)71(18)47(29-35(2)3)54(77)65-42(14)60(83)74(21)50(32-38(8)9)63(86)72(19)48(30-36(4)5)55(78)68-52/h24-28,35-44,46-53,76H,23,29-34H2,1-22H3,(H,65,77)(H,66,80)(H,67,81)(H,68,78)(H,69,79)/t40-,41-,42-,43-,44+,46?,47-,48-,49-,50-,51-,52-,53?/m0/s1. The van der Waals surface area contributed by atoms with Crippen LogP contribution in [0.2, 0.25) is 0 Å². The van der Waals surface area contributed by atoms with Gasteiger partial charge in [0.2, 0.25) is 65.0 Å². The lowest BCUT2D eigenvalue weighted by atomic mass is 9.95. The van der Waals surface area contributed by atoms with Gasteiger partial charge in [-0.15, -0.1) is 0 Å². The predicted molar refractivity (Wildman–Crippen MR) is 335 cm³/mol. The molecule has 1 aliphatic rings. The second-order valence-corrected chi connectivity index (χ2v) is 26.4. The van der Waals surface area contributed by atoms with Crippen LogP contribution in [0.15, 0.2) is 30.3 Å². The van der Waals surface area contributed by atoms with Gasteiger partial charge in [0.25, 0.3) is 0 Å². The van der Waals surface area contributed by atoms with Crippen LogP contribution in [-0.4, -0.2) is 214 Å². The molecule has 0 aliphatic carbocycles. The molecule has 0 saturated carbocycles. The van der Waals surface area contributed by atoms with E-state index >= 15 is 0 Å². The molecule has 492 valence electrons. The van der Waals surface area contributed by atoms with Gasteiger partial charge in [0.1, 0.15) is 66.5 Å². The third kappa shape index (κ3) is 21.9. The van der Waals surface area contributed by atoms with Crippen molar-refractivity contribution in [2.45, 2.75) is 228 Å². The maximum Gasteiger partial charge on any atom is 0.245 e. The first-order valence-electron chi connectivity index (χ1n) is 31.1. The molecule has 23 nitrogen and oxygen atoms in total. The third-order valence-corrected chi connectivity index (χ3v) is 16.5. The average molecular weight is 1220 g/mol. The lowest BCUT2D eigenvalue weighted by Crippen LogP contribution is -2.62. The quantitative estimate of drug-likeness (QED) is 0.148. The van der Waals surface area contributed by atoms with E-state index in [0.29, 0.717) is 12.0 Å². The summed E-state index contributed by atoms with van der Waals surface area (Å²) in [5.41, 5.74) is 0.626. The highest BCUT2D eigenvalue weighted by molar-refractivity contribution is 6.00. The van der Waals surface area contributed by atoms with E-state index in [9.17, 15) is 57.8 Å². The molecule has 2 rings (SSSR count). The molecule has 6 N–H and O–H groups in total. The summed E-state index contributed by atoms with van der Waals surface area (Å²) < 4.78 is 0. The van der Waals surface area contributed by atoms with Gasteiger partial charge in [-0.3, -0.25) is 52.7 Å².